The van der Waals surface area contributed by atoms with Crippen molar-refractivity contribution in [1.29, 1.82) is 0 Å². The van der Waals surface area contributed by atoms with Gasteiger partial charge in [0.1, 0.15) is 0 Å². The fraction of sp³-hybridized carbons (Fsp3) is 1.00. The van der Waals surface area contributed by atoms with Crippen molar-refractivity contribution in [3.05, 3.63) is 0 Å². The number of hydrogen-bond acceptors (Lipinski definition) is 3. The van der Waals surface area contributed by atoms with Gasteiger partial charge in [-0.2, -0.15) is 8.42 Å². The summed E-state index contributed by atoms with van der Waals surface area (Å²) >= 11 is 0. The Hall–Kier alpha value is -0.130. The lowest BCUT2D eigenvalue weighted by molar-refractivity contribution is 0.147. The molecule has 0 spiro atoms. The Morgan fingerprint density at radius 1 is 0.773 bits per heavy atom. The number of aliphatic hydroxyl groups excluding tert-OH is 1. The zero-order valence-corrected chi connectivity index (χ0v) is 15.3. The van der Waals surface area contributed by atoms with Gasteiger partial charge in [0.25, 0.3) is 10.1 Å². The van der Waals surface area contributed by atoms with Crippen LogP contribution in [0.25, 0.3) is 0 Å². The molecule has 2 unspecified atom stereocenters. The molecule has 0 aliphatic heterocycles. The largest absolute Gasteiger partial charge is 0.393 e. The van der Waals surface area contributed by atoms with E-state index in [-0.39, 0.29) is 6.10 Å². The number of hydrogen-bond donors (Lipinski definition) is 2. The van der Waals surface area contributed by atoms with Gasteiger partial charge in [0, 0.05) is 0 Å². The van der Waals surface area contributed by atoms with Crippen LogP contribution in [0.5, 0.6) is 0 Å². The van der Waals surface area contributed by atoms with Crippen LogP contribution in [-0.2, 0) is 10.1 Å². The predicted molar refractivity (Wildman–Crippen MR) is 92.7 cm³/mol. The lowest BCUT2D eigenvalue weighted by Crippen LogP contribution is -2.16. The first-order valence-electron chi connectivity index (χ1n) is 9.02. The van der Waals surface area contributed by atoms with Gasteiger partial charge in [0.05, 0.1) is 11.4 Å². The van der Waals surface area contributed by atoms with Crippen molar-refractivity contribution in [1.82, 2.24) is 0 Å². The van der Waals surface area contributed by atoms with E-state index in [9.17, 15) is 13.5 Å². The molecule has 0 heterocycles. The SMILES string of the molecule is CCCCCCCCC(O)CCCCCCC(C)S(=O)(=O)O. The fourth-order valence-electron chi connectivity index (χ4n) is 2.62. The first-order chi connectivity index (χ1) is 10.4. The standard InChI is InChI=1S/C17H36O4S/c1-3-4-5-6-7-11-14-17(18)15-12-9-8-10-13-16(2)22(19,20)21/h16-18H,3-15H2,1-2H3,(H,19,20,21). The molecular weight excluding hydrogens is 300 g/mol. The maximum absolute atomic E-state index is 10.8. The van der Waals surface area contributed by atoms with Crippen molar-refractivity contribution in [2.75, 3.05) is 0 Å². The summed E-state index contributed by atoms with van der Waals surface area (Å²) in [5, 5.41) is 9.23. The first-order valence-corrected chi connectivity index (χ1v) is 10.5. The molecule has 0 saturated heterocycles. The molecule has 4 nitrogen and oxygen atoms in total. The Balaban J connectivity index is 3.37. The third kappa shape index (κ3) is 13.5. The maximum Gasteiger partial charge on any atom is 0.267 e. The van der Waals surface area contributed by atoms with Gasteiger partial charge < -0.3 is 5.11 Å². The molecule has 2 atom stereocenters. The third-order valence-electron chi connectivity index (χ3n) is 4.30. The molecule has 0 aromatic rings. The van der Waals surface area contributed by atoms with Gasteiger partial charge in [-0.3, -0.25) is 4.55 Å². The minimum absolute atomic E-state index is 0.178. The van der Waals surface area contributed by atoms with E-state index in [2.05, 4.69) is 6.92 Å². The lowest BCUT2D eigenvalue weighted by atomic mass is 10.0. The molecule has 0 aromatic heterocycles. The second-order valence-electron chi connectivity index (χ2n) is 6.53. The Bertz CT molecular complexity index is 341. The fourth-order valence-corrected chi connectivity index (χ4v) is 3.08. The van der Waals surface area contributed by atoms with Crippen LogP contribution in [-0.4, -0.2) is 29.4 Å². The van der Waals surface area contributed by atoms with Gasteiger partial charge in [-0.15, -0.1) is 0 Å². The van der Waals surface area contributed by atoms with E-state index >= 15 is 0 Å². The van der Waals surface area contributed by atoms with Crippen LogP contribution >= 0.6 is 0 Å². The van der Waals surface area contributed by atoms with Crippen LogP contribution in [0.1, 0.15) is 97.3 Å². The summed E-state index contributed by atoms with van der Waals surface area (Å²) in [7, 11) is -3.87. The van der Waals surface area contributed by atoms with E-state index in [1.165, 1.54) is 32.1 Å². The highest BCUT2D eigenvalue weighted by Gasteiger charge is 2.16. The number of unbranched alkanes of at least 4 members (excludes halogenated alkanes) is 8. The summed E-state index contributed by atoms with van der Waals surface area (Å²) in [4.78, 5) is 0. The molecular formula is C17H36O4S. The van der Waals surface area contributed by atoms with E-state index in [4.69, 9.17) is 4.55 Å². The molecule has 0 radical (unpaired) electrons. The molecule has 0 saturated carbocycles. The van der Waals surface area contributed by atoms with Gasteiger partial charge in [-0.05, 0) is 26.2 Å². The molecule has 134 valence electrons. The molecule has 0 amide bonds. The molecule has 0 bridgehead atoms. The Morgan fingerprint density at radius 3 is 1.64 bits per heavy atom. The summed E-state index contributed by atoms with van der Waals surface area (Å²) in [6.07, 6.45) is 13.4. The maximum atomic E-state index is 10.8. The molecule has 2 N–H and O–H groups in total. The number of rotatable bonds is 15. The van der Waals surface area contributed by atoms with Gasteiger partial charge in [-0.1, -0.05) is 71.1 Å². The van der Waals surface area contributed by atoms with Crippen molar-refractivity contribution in [2.24, 2.45) is 0 Å². The highest BCUT2D eigenvalue weighted by molar-refractivity contribution is 7.86. The van der Waals surface area contributed by atoms with E-state index in [1.54, 1.807) is 6.92 Å². The minimum Gasteiger partial charge on any atom is -0.393 e. The van der Waals surface area contributed by atoms with Crippen molar-refractivity contribution >= 4 is 10.1 Å². The average Bonchev–Trinajstić information content (AvgIpc) is 2.45. The molecule has 22 heavy (non-hydrogen) atoms. The van der Waals surface area contributed by atoms with Gasteiger partial charge >= 0.3 is 0 Å². The van der Waals surface area contributed by atoms with Crippen molar-refractivity contribution in [3.63, 3.8) is 0 Å². The predicted octanol–water partition coefficient (Wildman–Crippen LogP) is 4.71. The molecule has 0 rings (SSSR count). The Morgan fingerprint density at radius 2 is 1.18 bits per heavy atom. The van der Waals surface area contributed by atoms with Crippen LogP contribution in [0.2, 0.25) is 0 Å². The highest BCUT2D eigenvalue weighted by Crippen LogP contribution is 2.15. The zero-order chi connectivity index (χ0) is 16.8. The summed E-state index contributed by atoms with van der Waals surface area (Å²) in [6, 6.07) is 0. The second-order valence-corrected chi connectivity index (χ2v) is 8.36. The smallest absolute Gasteiger partial charge is 0.267 e. The highest BCUT2D eigenvalue weighted by atomic mass is 32.2. The van der Waals surface area contributed by atoms with Crippen LogP contribution in [0, 0.1) is 0 Å². The summed E-state index contributed by atoms with van der Waals surface area (Å²) in [6.45, 7) is 3.76. The molecule has 0 aromatic carbocycles. The van der Waals surface area contributed by atoms with Crippen LogP contribution < -0.4 is 0 Å². The Kier molecular flexibility index (Phi) is 13.2. The van der Waals surface area contributed by atoms with Gasteiger partial charge in [0.15, 0.2) is 0 Å². The van der Waals surface area contributed by atoms with Crippen LogP contribution in [0.4, 0.5) is 0 Å². The molecule has 0 aliphatic carbocycles. The van der Waals surface area contributed by atoms with E-state index in [1.807, 2.05) is 0 Å². The average molecular weight is 337 g/mol. The van der Waals surface area contributed by atoms with Crippen LogP contribution in [0.15, 0.2) is 0 Å². The van der Waals surface area contributed by atoms with E-state index < -0.39 is 15.4 Å². The summed E-state index contributed by atoms with van der Waals surface area (Å²) < 4.78 is 30.5. The Labute approximate surface area is 137 Å². The normalized spacial score (nSPS) is 14.9. The third-order valence-corrected chi connectivity index (χ3v) is 5.55. The van der Waals surface area contributed by atoms with Crippen molar-refractivity contribution in [2.45, 2.75) is 109 Å². The van der Waals surface area contributed by atoms with E-state index in [0.29, 0.717) is 6.42 Å². The number of aliphatic hydroxyl groups is 1. The van der Waals surface area contributed by atoms with Crippen molar-refractivity contribution < 1.29 is 18.1 Å². The lowest BCUT2D eigenvalue weighted by Gasteiger charge is -2.11. The summed E-state index contributed by atoms with van der Waals surface area (Å²) in [5.74, 6) is 0. The van der Waals surface area contributed by atoms with Crippen LogP contribution in [0.3, 0.4) is 0 Å². The monoisotopic (exact) mass is 336 g/mol. The molecule has 0 aliphatic rings. The van der Waals surface area contributed by atoms with Gasteiger partial charge in [0.2, 0.25) is 0 Å². The summed E-state index contributed by atoms with van der Waals surface area (Å²) in [5.41, 5.74) is 0. The first kappa shape index (κ1) is 21.9. The zero-order valence-electron chi connectivity index (χ0n) is 14.5. The van der Waals surface area contributed by atoms with Gasteiger partial charge in [-0.25, -0.2) is 0 Å². The topological polar surface area (TPSA) is 74.6 Å². The minimum atomic E-state index is -3.87. The second kappa shape index (κ2) is 13.3. The van der Waals surface area contributed by atoms with E-state index in [0.717, 1.165) is 44.9 Å². The molecule has 0 fully saturated rings. The quantitative estimate of drug-likeness (QED) is 0.335. The van der Waals surface area contributed by atoms with Crippen molar-refractivity contribution in [3.8, 4) is 0 Å². The molecule has 5 heteroatoms.